The molecule has 1 atom stereocenters. The Hall–Kier alpha value is -1.87. The van der Waals surface area contributed by atoms with E-state index in [1.165, 1.54) is 11.1 Å². The molecule has 0 aliphatic carbocycles. The van der Waals surface area contributed by atoms with E-state index < -0.39 is 0 Å². The molecule has 1 aliphatic rings. The first-order valence-electron chi connectivity index (χ1n) is 6.68. The van der Waals surface area contributed by atoms with E-state index in [9.17, 15) is 0 Å². The van der Waals surface area contributed by atoms with E-state index in [1.807, 2.05) is 18.5 Å². The number of hydrogen-bond donors (Lipinski definition) is 1. The Morgan fingerprint density at radius 1 is 1.32 bits per heavy atom. The van der Waals surface area contributed by atoms with Crippen LogP contribution in [-0.2, 0) is 0 Å². The number of benzene rings is 1. The van der Waals surface area contributed by atoms with Gasteiger partial charge in [-0.25, -0.2) is 0 Å². The fourth-order valence-electron chi connectivity index (χ4n) is 2.70. The number of aryl methyl sites for hydroxylation is 1. The molecule has 0 saturated carbocycles. The van der Waals surface area contributed by atoms with Crippen LogP contribution in [0.15, 0.2) is 36.7 Å². The van der Waals surface area contributed by atoms with E-state index in [1.54, 1.807) is 0 Å². The van der Waals surface area contributed by atoms with Gasteiger partial charge in [0.25, 0.3) is 0 Å². The average molecular weight is 254 g/mol. The van der Waals surface area contributed by atoms with Gasteiger partial charge in [-0.2, -0.15) is 0 Å². The van der Waals surface area contributed by atoms with Crippen molar-refractivity contribution in [2.75, 3.05) is 13.2 Å². The van der Waals surface area contributed by atoms with Gasteiger partial charge in [0.2, 0.25) is 0 Å². The summed E-state index contributed by atoms with van der Waals surface area (Å²) in [5, 5.41) is 0. The summed E-state index contributed by atoms with van der Waals surface area (Å²) in [5.74, 6) is 1.39. The number of aromatic nitrogens is 1. The molecule has 0 radical (unpaired) electrons. The van der Waals surface area contributed by atoms with Crippen LogP contribution in [0.25, 0.3) is 11.1 Å². The molecule has 1 aromatic heterocycles. The zero-order valence-electron chi connectivity index (χ0n) is 11.1. The first kappa shape index (κ1) is 12.2. The Balaban J connectivity index is 2.16. The molecule has 19 heavy (non-hydrogen) atoms. The Bertz CT molecular complexity index is 595. The predicted octanol–water partition coefficient (Wildman–Crippen LogP) is 2.88. The van der Waals surface area contributed by atoms with E-state index >= 15 is 0 Å². The first-order chi connectivity index (χ1) is 9.31. The van der Waals surface area contributed by atoms with Crippen molar-refractivity contribution in [1.29, 1.82) is 0 Å². The van der Waals surface area contributed by atoms with Gasteiger partial charge >= 0.3 is 0 Å². The topological polar surface area (TPSA) is 48.1 Å². The Labute approximate surface area is 113 Å². The largest absolute Gasteiger partial charge is 0.493 e. The minimum atomic E-state index is 0.403. The maximum atomic E-state index is 5.91. The van der Waals surface area contributed by atoms with Crippen molar-refractivity contribution in [2.24, 2.45) is 5.73 Å². The standard InChI is InChI=1S/C16H18N2O/c1-11-5-7-18-10-15(11)14-4-2-3-13-12(9-17)6-8-19-16(13)14/h2-5,7,10,12H,6,8-9,17H2,1H3/t12-/m0/s1. The Kier molecular flexibility index (Phi) is 3.22. The third kappa shape index (κ3) is 2.10. The molecular formula is C16H18N2O. The number of ether oxygens (including phenoxy) is 1. The second-order valence-electron chi connectivity index (χ2n) is 4.98. The third-order valence-corrected chi connectivity index (χ3v) is 3.81. The fraction of sp³-hybridized carbons (Fsp3) is 0.312. The molecule has 0 bridgehead atoms. The lowest BCUT2D eigenvalue weighted by molar-refractivity contribution is 0.270. The molecule has 3 rings (SSSR count). The molecule has 1 aliphatic heterocycles. The van der Waals surface area contributed by atoms with Gasteiger partial charge in [0, 0.05) is 29.4 Å². The lowest BCUT2D eigenvalue weighted by atomic mass is 9.89. The highest BCUT2D eigenvalue weighted by atomic mass is 16.5. The third-order valence-electron chi connectivity index (χ3n) is 3.81. The highest BCUT2D eigenvalue weighted by Crippen LogP contribution is 2.41. The zero-order valence-corrected chi connectivity index (χ0v) is 11.1. The SMILES string of the molecule is Cc1ccncc1-c1cccc2c1OCC[C@H]2CN. The molecule has 0 unspecified atom stereocenters. The molecule has 0 fully saturated rings. The van der Waals surface area contributed by atoms with Crippen molar-refractivity contribution in [3.8, 4) is 16.9 Å². The molecule has 2 N–H and O–H groups in total. The van der Waals surface area contributed by atoms with Gasteiger partial charge in [0.05, 0.1) is 6.61 Å². The van der Waals surface area contributed by atoms with Gasteiger partial charge in [0.15, 0.2) is 0 Å². The van der Waals surface area contributed by atoms with Crippen molar-refractivity contribution in [2.45, 2.75) is 19.3 Å². The molecule has 1 aromatic carbocycles. The number of rotatable bonds is 2. The summed E-state index contributed by atoms with van der Waals surface area (Å²) >= 11 is 0. The predicted molar refractivity (Wildman–Crippen MR) is 76.3 cm³/mol. The van der Waals surface area contributed by atoms with Crippen LogP contribution in [0, 0.1) is 6.92 Å². The highest BCUT2D eigenvalue weighted by molar-refractivity contribution is 5.74. The van der Waals surface area contributed by atoms with E-state index in [4.69, 9.17) is 10.5 Å². The van der Waals surface area contributed by atoms with Gasteiger partial charge in [-0.1, -0.05) is 18.2 Å². The van der Waals surface area contributed by atoms with E-state index in [-0.39, 0.29) is 0 Å². The molecule has 0 saturated heterocycles. The molecule has 2 aromatic rings. The van der Waals surface area contributed by atoms with Crippen LogP contribution >= 0.6 is 0 Å². The van der Waals surface area contributed by atoms with Crippen LogP contribution < -0.4 is 10.5 Å². The maximum absolute atomic E-state index is 5.91. The minimum Gasteiger partial charge on any atom is -0.493 e. The summed E-state index contributed by atoms with van der Waals surface area (Å²) in [5.41, 5.74) is 10.6. The molecule has 98 valence electrons. The lowest BCUT2D eigenvalue weighted by Gasteiger charge is -2.27. The number of hydrogen-bond acceptors (Lipinski definition) is 3. The quantitative estimate of drug-likeness (QED) is 0.896. The number of para-hydroxylation sites is 1. The number of pyridine rings is 1. The summed E-state index contributed by atoms with van der Waals surface area (Å²) in [6.45, 7) is 3.51. The van der Waals surface area contributed by atoms with Crippen LogP contribution in [0.4, 0.5) is 0 Å². The fourth-order valence-corrected chi connectivity index (χ4v) is 2.70. The van der Waals surface area contributed by atoms with Gasteiger partial charge in [0.1, 0.15) is 5.75 Å². The van der Waals surface area contributed by atoms with E-state index in [2.05, 4.69) is 30.1 Å². The summed E-state index contributed by atoms with van der Waals surface area (Å²) in [6, 6.07) is 8.33. The van der Waals surface area contributed by atoms with Crippen molar-refractivity contribution in [3.63, 3.8) is 0 Å². The second kappa shape index (κ2) is 5.02. The summed E-state index contributed by atoms with van der Waals surface area (Å²) < 4.78 is 5.91. The van der Waals surface area contributed by atoms with Crippen LogP contribution in [0.3, 0.4) is 0 Å². The Morgan fingerprint density at radius 2 is 2.21 bits per heavy atom. The van der Waals surface area contributed by atoms with Gasteiger partial charge in [-0.05, 0) is 37.1 Å². The summed E-state index contributed by atoms with van der Waals surface area (Å²) in [6.07, 6.45) is 4.72. The van der Waals surface area contributed by atoms with Gasteiger partial charge < -0.3 is 10.5 Å². The van der Waals surface area contributed by atoms with E-state index in [0.717, 1.165) is 29.9 Å². The van der Waals surface area contributed by atoms with Crippen LogP contribution in [-0.4, -0.2) is 18.1 Å². The second-order valence-corrected chi connectivity index (χ2v) is 4.98. The number of nitrogens with two attached hydrogens (primary N) is 1. The monoisotopic (exact) mass is 254 g/mol. The molecular weight excluding hydrogens is 236 g/mol. The van der Waals surface area contributed by atoms with Crippen molar-refractivity contribution < 1.29 is 4.74 Å². The lowest BCUT2D eigenvalue weighted by Crippen LogP contribution is -2.21. The summed E-state index contributed by atoms with van der Waals surface area (Å²) in [7, 11) is 0. The van der Waals surface area contributed by atoms with Crippen molar-refractivity contribution in [1.82, 2.24) is 4.98 Å². The molecule has 3 heteroatoms. The van der Waals surface area contributed by atoms with Gasteiger partial charge in [-0.3, -0.25) is 4.98 Å². The average Bonchev–Trinajstić information content (AvgIpc) is 2.46. The van der Waals surface area contributed by atoms with Crippen molar-refractivity contribution in [3.05, 3.63) is 47.8 Å². The van der Waals surface area contributed by atoms with Crippen LogP contribution in [0.5, 0.6) is 5.75 Å². The summed E-state index contributed by atoms with van der Waals surface area (Å²) in [4.78, 5) is 4.23. The number of fused-ring (bicyclic) bond motifs is 1. The molecule has 2 heterocycles. The van der Waals surface area contributed by atoms with Crippen LogP contribution in [0.1, 0.15) is 23.5 Å². The smallest absolute Gasteiger partial charge is 0.130 e. The Morgan fingerprint density at radius 3 is 3.00 bits per heavy atom. The minimum absolute atomic E-state index is 0.403. The molecule has 3 nitrogen and oxygen atoms in total. The maximum Gasteiger partial charge on any atom is 0.130 e. The number of nitrogens with zero attached hydrogens (tertiary/aromatic N) is 1. The first-order valence-corrected chi connectivity index (χ1v) is 6.68. The van der Waals surface area contributed by atoms with Crippen molar-refractivity contribution >= 4 is 0 Å². The van der Waals surface area contributed by atoms with Gasteiger partial charge in [-0.15, -0.1) is 0 Å². The molecule has 0 amide bonds. The highest BCUT2D eigenvalue weighted by Gasteiger charge is 2.23. The van der Waals surface area contributed by atoms with Crippen LogP contribution in [0.2, 0.25) is 0 Å². The zero-order chi connectivity index (χ0) is 13.2. The normalized spacial score (nSPS) is 17.7. The van der Waals surface area contributed by atoms with E-state index in [0.29, 0.717) is 12.5 Å². The molecule has 0 spiro atoms.